The number of nitrogens with two attached hydrogens (primary N) is 1. The van der Waals surface area contributed by atoms with Crippen LogP contribution in [0.25, 0.3) is 0 Å². The predicted octanol–water partition coefficient (Wildman–Crippen LogP) is 0.296. The molecule has 1 aliphatic heterocycles. The summed E-state index contributed by atoms with van der Waals surface area (Å²) < 4.78 is 12.6. The summed E-state index contributed by atoms with van der Waals surface area (Å²) in [5.41, 5.74) is 5.26. The third-order valence-electron chi connectivity index (χ3n) is 2.08. The summed E-state index contributed by atoms with van der Waals surface area (Å²) in [4.78, 5) is 12.8. The normalized spacial score (nSPS) is 23.2. The highest BCUT2D eigenvalue weighted by atomic mass is 19.1. The lowest BCUT2D eigenvalue weighted by Crippen LogP contribution is -2.29. The molecule has 0 radical (unpaired) electrons. The fraction of sp³-hybridized carbons (Fsp3) is 0.875. The Bertz CT molecular complexity index is 163. The first kappa shape index (κ1) is 9.45. The van der Waals surface area contributed by atoms with E-state index >= 15 is 0 Å². The van der Waals surface area contributed by atoms with E-state index in [0.29, 0.717) is 32.4 Å². The lowest BCUT2D eigenvalue weighted by Gasteiger charge is -2.14. The highest BCUT2D eigenvalue weighted by molar-refractivity contribution is 5.76. The van der Waals surface area contributed by atoms with Gasteiger partial charge in [-0.2, -0.15) is 0 Å². The molecule has 1 unspecified atom stereocenters. The molecule has 1 fully saturated rings. The fourth-order valence-corrected chi connectivity index (χ4v) is 1.36. The lowest BCUT2D eigenvalue weighted by atomic mass is 10.3. The Kier molecular flexibility index (Phi) is 3.47. The van der Waals surface area contributed by atoms with Gasteiger partial charge in [-0.1, -0.05) is 0 Å². The molecule has 1 aliphatic rings. The van der Waals surface area contributed by atoms with Crippen LogP contribution in [0.4, 0.5) is 4.39 Å². The second-order valence-electron chi connectivity index (χ2n) is 3.12. The van der Waals surface area contributed by atoms with E-state index in [1.165, 1.54) is 0 Å². The summed E-state index contributed by atoms with van der Waals surface area (Å²) >= 11 is 0. The first-order valence-electron chi connectivity index (χ1n) is 4.36. The highest BCUT2D eigenvalue weighted by Crippen LogP contribution is 2.13. The third kappa shape index (κ3) is 2.44. The van der Waals surface area contributed by atoms with Crippen molar-refractivity contribution in [3.05, 3.63) is 0 Å². The van der Waals surface area contributed by atoms with Crippen LogP contribution >= 0.6 is 0 Å². The van der Waals surface area contributed by atoms with Crippen LogP contribution < -0.4 is 5.73 Å². The van der Waals surface area contributed by atoms with Crippen LogP contribution in [0.2, 0.25) is 0 Å². The zero-order chi connectivity index (χ0) is 8.97. The van der Waals surface area contributed by atoms with E-state index in [-0.39, 0.29) is 12.5 Å². The van der Waals surface area contributed by atoms with Gasteiger partial charge in [0.2, 0.25) is 5.91 Å². The first-order valence-corrected chi connectivity index (χ1v) is 4.36. The molecule has 0 aromatic carbocycles. The molecule has 0 aromatic heterocycles. The Morgan fingerprint density at radius 3 is 2.92 bits per heavy atom. The van der Waals surface area contributed by atoms with E-state index in [1.807, 2.05) is 0 Å². The Hall–Kier alpha value is -0.640. The quantitative estimate of drug-likeness (QED) is 0.668. The number of alkyl halides is 1. The SMILES string of the molecule is NCCCC(=O)N1CCC(F)C1. The number of amides is 1. The van der Waals surface area contributed by atoms with Gasteiger partial charge in [-0.05, 0) is 19.4 Å². The summed E-state index contributed by atoms with van der Waals surface area (Å²) in [7, 11) is 0. The number of carbonyl (C=O) groups is 1. The maximum absolute atomic E-state index is 12.6. The summed E-state index contributed by atoms with van der Waals surface area (Å²) in [5, 5.41) is 0. The van der Waals surface area contributed by atoms with Crippen molar-refractivity contribution < 1.29 is 9.18 Å². The molecule has 1 heterocycles. The number of nitrogens with zero attached hydrogens (tertiary/aromatic N) is 1. The lowest BCUT2D eigenvalue weighted by molar-refractivity contribution is -0.130. The van der Waals surface area contributed by atoms with Gasteiger partial charge in [-0.3, -0.25) is 4.79 Å². The van der Waals surface area contributed by atoms with Crippen LogP contribution in [-0.4, -0.2) is 36.6 Å². The molecule has 4 heteroatoms. The zero-order valence-corrected chi connectivity index (χ0v) is 7.13. The Morgan fingerprint density at radius 2 is 2.42 bits per heavy atom. The van der Waals surface area contributed by atoms with E-state index in [0.717, 1.165) is 0 Å². The Morgan fingerprint density at radius 1 is 1.67 bits per heavy atom. The largest absolute Gasteiger partial charge is 0.340 e. The minimum absolute atomic E-state index is 0.0422. The van der Waals surface area contributed by atoms with Crippen LogP contribution in [-0.2, 0) is 4.79 Å². The Balaban J connectivity index is 2.23. The van der Waals surface area contributed by atoms with Crippen LogP contribution in [0.15, 0.2) is 0 Å². The molecule has 1 rings (SSSR count). The van der Waals surface area contributed by atoms with Gasteiger partial charge < -0.3 is 10.6 Å². The molecule has 70 valence electrons. The van der Waals surface area contributed by atoms with Crippen LogP contribution in [0.5, 0.6) is 0 Å². The fourth-order valence-electron chi connectivity index (χ4n) is 1.36. The molecule has 0 saturated carbocycles. The standard InChI is InChI=1S/C8H15FN2O/c9-7-3-5-11(6-7)8(12)2-1-4-10/h7H,1-6,10H2. The molecule has 1 atom stereocenters. The van der Waals surface area contributed by atoms with Crippen molar-refractivity contribution in [1.82, 2.24) is 4.90 Å². The molecule has 12 heavy (non-hydrogen) atoms. The number of rotatable bonds is 3. The molecule has 0 aromatic rings. The smallest absolute Gasteiger partial charge is 0.222 e. The molecular weight excluding hydrogens is 159 g/mol. The molecule has 1 saturated heterocycles. The van der Waals surface area contributed by atoms with Gasteiger partial charge in [0.1, 0.15) is 6.17 Å². The van der Waals surface area contributed by atoms with E-state index in [1.54, 1.807) is 4.90 Å². The van der Waals surface area contributed by atoms with Gasteiger partial charge in [-0.25, -0.2) is 4.39 Å². The monoisotopic (exact) mass is 174 g/mol. The maximum atomic E-state index is 12.6. The number of hydrogen-bond donors (Lipinski definition) is 1. The van der Waals surface area contributed by atoms with E-state index < -0.39 is 6.17 Å². The number of hydrogen-bond acceptors (Lipinski definition) is 2. The van der Waals surface area contributed by atoms with Crippen molar-refractivity contribution in [2.75, 3.05) is 19.6 Å². The molecule has 3 nitrogen and oxygen atoms in total. The van der Waals surface area contributed by atoms with Gasteiger partial charge in [0.15, 0.2) is 0 Å². The van der Waals surface area contributed by atoms with Gasteiger partial charge in [0.05, 0.1) is 6.54 Å². The molecule has 2 N–H and O–H groups in total. The third-order valence-corrected chi connectivity index (χ3v) is 2.08. The van der Waals surface area contributed by atoms with Crippen LogP contribution in [0.3, 0.4) is 0 Å². The van der Waals surface area contributed by atoms with Crippen molar-refractivity contribution >= 4 is 5.91 Å². The molecule has 0 spiro atoms. The maximum Gasteiger partial charge on any atom is 0.222 e. The zero-order valence-electron chi connectivity index (χ0n) is 7.13. The van der Waals surface area contributed by atoms with Crippen molar-refractivity contribution in [3.63, 3.8) is 0 Å². The van der Waals surface area contributed by atoms with Crippen molar-refractivity contribution in [2.24, 2.45) is 5.73 Å². The second-order valence-corrected chi connectivity index (χ2v) is 3.12. The highest BCUT2D eigenvalue weighted by Gasteiger charge is 2.24. The second kappa shape index (κ2) is 4.40. The minimum atomic E-state index is -0.813. The number of carbonyl (C=O) groups excluding carboxylic acids is 1. The van der Waals surface area contributed by atoms with Crippen molar-refractivity contribution in [2.45, 2.75) is 25.4 Å². The molecule has 1 amide bonds. The number of halogens is 1. The average Bonchev–Trinajstić information content (AvgIpc) is 2.47. The van der Waals surface area contributed by atoms with Gasteiger partial charge in [0, 0.05) is 13.0 Å². The van der Waals surface area contributed by atoms with Crippen LogP contribution in [0, 0.1) is 0 Å². The first-order chi connectivity index (χ1) is 5.74. The number of likely N-dealkylation sites (tertiary alicyclic amines) is 1. The molecular formula is C8H15FN2O. The predicted molar refractivity (Wildman–Crippen MR) is 44.4 cm³/mol. The van der Waals surface area contributed by atoms with Gasteiger partial charge >= 0.3 is 0 Å². The van der Waals surface area contributed by atoms with Gasteiger partial charge in [-0.15, -0.1) is 0 Å². The topological polar surface area (TPSA) is 46.3 Å². The van der Waals surface area contributed by atoms with Gasteiger partial charge in [0.25, 0.3) is 0 Å². The Labute approximate surface area is 71.7 Å². The van der Waals surface area contributed by atoms with Crippen molar-refractivity contribution in [3.8, 4) is 0 Å². The summed E-state index contributed by atoms with van der Waals surface area (Å²) in [6.45, 7) is 1.38. The van der Waals surface area contributed by atoms with Crippen LogP contribution in [0.1, 0.15) is 19.3 Å². The van der Waals surface area contributed by atoms with Crippen molar-refractivity contribution in [1.29, 1.82) is 0 Å². The van der Waals surface area contributed by atoms with E-state index in [2.05, 4.69) is 0 Å². The van der Waals surface area contributed by atoms with E-state index in [4.69, 9.17) is 5.73 Å². The average molecular weight is 174 g/mol. The summed E-state index contributed by atoms with van der Waals surface area (Å²) in [6, 6.07) is 0. The summed E-state index contributed by atoms with van der Waals surface area (Å²) in [5.74, 6) is 0.0422. The minimum Gasteiger partial charge on any atom is -0.340 e. The molecule has 0 bridgehead atoms. The molecule has 0 aliphatic carbocycles. The van der Waals surface area contributed by atoms with E-state index in [9.17, 15) is 9.18 Å². The summed E-state index contributed by atoms with van der Waals surface area (Å²) in [6.07, 6.45) is 0.843.